The predicted octanol–water partition coefficient (Wildman–Crippen LogP) is 3.97. The normalized spacial score (nSPS) is 19.1. The van der Waals surface area contributed by atoms with Gasteiger partial charge >= 0.3 is 0 Å². The summed E-state index contributed by atoms with van der Waals surface area (Å²) in [4.78, 5) is 14.6. The number of carbonyl (C=O) groups excluding carboxylic acids is 1. The second-order valence-electron chi connectivity index (χ2n) is 5.97. The molecule has 0 spiro atoms. The highest BCUT2D eigenvalue weighted by molar-refractivity contribution is 9.10. The van der Waals surface area contributed by atoms with Crippen molar-refractivity contribution in [3.63, 3.8) is 0 Å². The van der Waals surface area contributed by atoms with Crippen LogP contribution in [0.4, 0.5) is 4.39 Å². The van der Waals surface area contributed by atoms with Gasteiger partial charge in [-0.1, -0.05) is 6.42 Å². The van der Waals surface area contributed by atoms with Gasteiger partial charge in [-0.25, -0.2) is 4.39 Å². The van der Waals surface area contributed by atoms with Gasteiger partial charge in [-0.05, 0) is 79.8 Å². The largest absolute Gasteiger partial charge is 0.352 e. The molecule has 1 aliphatic rings. The average molecular weight is 371 g/mol. The Hall–Kier alpha value is -0.940. The topological polar surface area (TPSA) is 32.3 Å². The van der Waals surface area contributed by atoms with Gasteiger partial charge in [-0.15, -0.1) is 0 Å². The van der Waals surface area contributed by atoms with Gasteiger partial charge in [0.25, 0.3) is 5.91 Å². The van der Waals surface area contributed by atoms with Crippen LogP contribution in [0.3, 0.4) is 0 Å². The Morgan fingerprint density at radius 3 is 2.95 bits per heavy atom. The van der Waals surface area contributed by atoms with Crippen molar-refractivity contribution in [2.24, 2.45) is 0 Å². The fourth-order valence-corrected chi connectivity index (χ4v) is 3.43. The maximum atomic E-state index is 13.0. The molecule has 0 unspecified atom stereocenters. The molecule has 1 atom stereocenters. The monoisotopic (exact) mass is 370 g/mol. The molecule has 1 aliphatic heterocycles. The number of unbranched alkanes of at least 4 members (excludes halogenated alkanes) is 1. The SMILES string of the molecule is C[C@@H]1CCCCN1CCCCNC(=O)c1ccc(F)cc1Br. The highest BCUT2D eigenvalue weighted by Gasteiger charge is 2.17. The lowest BCUT2D eigenvalue weighted by atomic mass is 10.0. The Balaban J connectivity index is 1.67. The smallest absolute Gasteiger partial charge is 0.252 e. The van der Waals surface area contributed by atoms with Crippen LogP contribution in [0.15, 0.2) is 22.7 Å². The number of hydrogen-bond donors (Lipinski definition) is 1. The number of nitrogens with zero attached hydrogens (tertiary/aromatic N) is 1. The third-order valence-corrected chi connectivity index (χ3v) is 4.93. The van der Waals surface area contributed by atoms with Crippen molar-refractivity contribution in [2.75, 3.05) is 19.6 Å². The Morgan fingerprint density at radius 2 is 2.23 bits per heavy atom. The lowest BCUT2D eigenvalue weighted by molar-refractivity contribution is 0.0950. The van der Waals surface area contributed by atoms with E-state index < -0.39 is 0 Å². The molecule has 122 valence electrons. The average Bonchev–Trinajstić information content (AvgIpc) is 2.48. The molecule has 0 aromatic heterocycles. The first-order valence-electron chi connectivity index (χ1n) is 8.05. The first-order valence-corrected chi connectivity index (χ1v) is 8.84. The molecule has 1 heterocycles. The molecule has 5 heteroatoms. The van der Waals surface area contributed by atoms with Gasteiger partial charge in [-0.2, -0.15) is 0 Å². The number of hydrogen-bond acceptors (Lipinski definition) is 2. The number of benzene rings is 1. The first-order chi connectivity index (χ1) is 10.6. The van der Waals surface area contributed by atoms with Gasteiger partial charge < -0.3 is 10.2 Å². The van der Waals surface area contributed by atoms with Crippen molar-refractivity contribution >= 4 is 21.8 Å². The molecule has 1 saturated heterocycles. The van der Waals surface area contributed by atoms with Gasteiger partial charge in [-0.3, -0.25) is 4.79 Å². The minimum atomic E-state index is -0.348. The predicted molar refractivity (Wildman–Crippen MR) is 90.6 cm³/mol. The number of likely N-dealkylation sites (tertiary alicyclic amines) is 1. The summed E-state index contributed by atoms with van der Waals surface area (Å²) in [5, 5.41) is 2.90. The summed E-state index contributed by atoms with van der Waals surface area (Å²) in [6.07, 6.45) is 6.01. The van der Waals surface area contributed by atoms with E-state index in [0.29, 0.717) is 22.6 Å². The lowest BCUT2D eigenvalue weighted by Gasteiger charge is -2.33. The molecule has 1 N–H and O–H groups in total. The van der Waals surface area contributed by atoms with Crippen molar-refractivity contribution < 1.29 is 9.18 Å². The molecule has 1 aromatic carbocycles. The van der Waals surface area contributed by atoms with E-state index in [0.717, 1.165) is 19.4 Å². The molecule has 22 heavy (non-hydrogen) atoms. The summed E-state index contributed by atoms with van der Waals surface area (Å²) in [5.41, 5.74) is 0.478. The summed E-state index contributed by atoms with van der Waals surface area (Å²) in [6.45, 7) is 5.27. The quantitative estimate of drug-likeness (QED) is 0.768. The van der Waals surface area contributed by atoms with Crippen LogP contribution >= 0.6 is 15.9 Å². The fraction of sp³-hybridized carbons (Fsp3) is 0.588. The standard InChI is InChI=1S/C17H24BrFN2O/c1-13-6-2-4-10-21(13)11-5-3-9-20-17(22)15-8-7-14(19)12-16(15)18/h7-8,12-13H,2-6,9-11H2,1H3,(H,20,22)/t13-/m1/s1. The van der Waals surface area contributed by atoms with Gasteiger partial charge in [0.2, 0.25) is 0 Å². The van der Waals surface area contributed by atoms with Crippen LogP contribution in [0.25, 0.3) is 0 Å². The van der Waals surface area contributed by atoms with Crippen molar-refractivity contribution in [1.82, 2.24) is 10.2 Å². The summed E-state index contributed by atoms with van der Waals surface area (Å²) in [5.74, 6) is -0.503. The molecule has 0 aliphatic carbocycles. The lowest BCUT2D eigenvalue weighted by Crippen LogP contribution is -2.38. The fourth-order valence-electron chi connectivity index (χ4n) is 2.90. The second-order valence-corrected chi connectivity index (χ2v) is 6.82. The molecule has 3 nitrogen and oxygen atoms in total. The van der Waals surface area contributed by atoms with E-state index in [-0.39, 0.29) is 11.7 Å². The Morgan fingerprint density at radius 1 is 1.41 bits per heavy atom. The van der Waals surface area contributed by atoms with Gasteiger partial charge in [0.15, 0.2) is 0 Å². The third kappa shape index (κ3) is 5.06. The van der Waals surface area contributed by atoms with Crippen molar-refractivity contribution in [2.45, 2.75) is 45.1 Å². The maximum Gasteiger partial charge on any atom is 0.252 e. The van der Waals surface area contributed by atoms with E-state index in [9.17, 15) is 9.18 Å². The number of amides is 1. The molecular formula is C17H24BrFN2O. The molecule has 2 rings (SSSR count). The zero-order chi connectivity index (χ0) is 15.9. The van der Waals surface area contributed by atoms with E-state index in [4.69, 9.17) is 0 Å². The maximum absolute atomic E-state index is 13.0. The van der Waals surface area contributed by atoms with E-state index in [1.54, 1.807) is 0 Å². The van der Waals surface area contributed by atoms with Crippen LogP contribution < -0.4 is 5.32 Å². The van der Waals surface area contributed by atoms with Gasteiger partial charge in [0.1, 0.15) is 5.82 Å². The van der Waals surface area contributed by atoms with Crippen LogP contribution in [0.2, 0.25) is 0 Å². The van der Waals surface area contributed by atoms with E-state index in [1.807, 2.05) is 0 Å². The van der Waals surface area contributed by atoms with E-state index in [2.05, 4.69) is 33.1 Å². The van der Waals surface area contributed by atoms with Gasteiger partial charge in [0.05, 0.1) is 5.56 Å². The summed E-state index contributed by atoms with van der Waals surface area (Å²) < 4.78 is 13.5. The molecule has 0 saturated carbocycles. The second kappa shape index (κ2) is 8.63. The zero-order valence-corrected chi connectivity index (χ0v) is 14.7. The van der Waals surface area contributed by atoms with Crippen molar-refractivity contribution in [1.29, 1.82) is 0 Å². The van der Waals surface area contributed by atoms with E-state index >= 15 is 0 Å². The van der Waals surface area contributed by atoms with Crippen molar-refractivity contribution in [3.8, 4) is 0 Å². The minimum Gasteiger partial charge on any atom is -0.352 e. The molecule has 1 aromatic rings. The van der Waals surface area contributed by atoms with Crippen LogP contribution in [-0.4, -0.2) is 36.5 Å². The van der Waals surface area contributed by atoms with Crippen LogP contribution in [0.5, 0.6) is 0 Å². The molecule has 1 amide bonds. The number of nitrogens with one attached hydrogen (secondary N) is 1. The summed E-state index contributed by atoms with van der Waals surface area (Å²) in [7, 11) is 0. The summed E-state index contributed by atoms with van der Waals surface area (Å²) in [6, 6.07) is 4.81. The van der Waals surface area contributed by atoms with E-state index in [1.165, 1.54) is 44.0 Å². The van der Waals surface area contributed by atoms with Gasteiger partial charge in [0, 0.05) is 17.1 Å². The molecule has 1 fully saturated rings. The zero-order valence-electron chi connectivity index (χ0n) is 13.1. The Kier molecular flexibility index (Phi) is 6.83. The van der Waals surface area contributed by atoms with Crippen LogP contribution in [-0.2, 0) is 0 Å². The van der Waals surface area contributed by atoms with Crippen LogP contribution in [0, 0.1) is 5.82 Å². The first kappa shape index (κ1) is 17.4. The molecule has 0 radical (unpaired) electrons. The third-order valence-electron chi connectivity index (χ3n) is 4.27. The Bertz CT molecular complexity index is 509. The minimum absolute atomic E-state index is 0.154. The molecule has 0 bridgehead atoms. The summed E-state index contributed by atoms with van der Waals surface area (Å²) >= 11 is 3.22. The number of piperidine rings is 1. The number of rotatable bonds is 6. The van der Waals surface area contributed by atoms with Crippen molar-refractivity contribution in [3.05, 3.63) is 34.1 Å². The Labute approximate surface area is 140 Å². The number of halogens is 2. The highest BCUT2D eigenvalue weighted by atomic mass is 79.9. The van der Waals surface area contributed by atoms with Crippen LogP contribution in [0.1, 0.15) is 49.4 Å². The highest BCUT2D eigenvalue weighted by Crippen LogP contribution is 2.18. The molecular weight excluding hydrogens is 347 g/mol. The number of carbonyl (C=O) groups is 1.